The number of rotatable bonds is 2. The predicted octanol–water partition coefficient (Wildman–Crippen LogP) is 6.59. The summed E-state index contributed by atoms with van der Waals surface area (Å²) in [5.74, 6) is 1.71. The molecule has 0 aromatic rings. The van der Waals surface area contributed by atoms with Crippen molar-refractivity contribution in [2.75, 3.05) is 0 Å². The third-order valence-electron chi connectivity index (χ3n) is 6.89. The van der Waals surface area contributed by atoms with Crippen LogP contribution in [0.1, 0.15) is 85.5 Å². The van der Waals surface area contributed by atoms with Crippen LogP contribution in [0.25, 0.3) is 0 Å². The average molecular weight is 331 g/mol. The number of hydrogen-bond donors (Lipinski definition) is 1. The van der Waals surface area contributed by atoms with E-state index in [9.17, 15) is 5.11 Å². The van der Waals surface area contributed by atoms with Crippen molar-refractivity contribution in [1.29, 1.82) is 0 Å². The molecule has 1 N–H and O–H groups in total. The molecule has 0 saturated heterocycles. The maximum absolute atomic E-state index is 9.98. The number of aliphatic hydroxyl groups excluding tert-OH is 1. The van der Waals surface area contributed by atoms with Crippen molar-refractivity contribution in [3.05, 3.63) is 35.5 Å². The van der Waals surface area contributed by atoms with E-state index in [4.69, 9.17) is 0 Å². The zero-order valence-electron chi connectivity index (χ0n) is 16.4. The Morgan fingerprint density at radius 2 is 1.88 bits per heavy atom. The van der Waals surface area contributed by atoms with Gasteiger partial charge in [0.05, 0.1) is 6.10 Å². The molecule has 0 aromatic carbocycles. The SMILES string of the molecule is C=C1/C(=C\C=C2/CCCC3(C)C(CC)CCC23)CCCC1O.CC. The molecule has 4 unspecified atom stereocenters. The minimum Gasteiger partial charge on any atom is -0.388 e. The minimum atomic E-state index is -0.314. The van der Waals surface area contributed by atoms with Crippen LogP contribution in [-0.4, -0.2) is 11.2 Å². The van der Waals surface area contributed by atoms with Gasteiger partial charge in [-0.15, -0.1) is 0 Å². The van der Waals surface area contributed by atoms with Crippen molar-refractivity contribution >= 4 is 0 Å². The lowest BCUT2D eigenvalue weighted by atomic mass is 9.63. The first-order chi connectivity index (χ1) is 11.6. The molecule has 3 fully saturated rings. The lowest BCUT2D eigenvalue weighted by Gasteiger charge is -2.42. The molecule has 1 heteroatoms. The van der Waals surface area contributed by atoms with Crippen molar-refractivity contribution in [3.63, 3.8) is 0 Å². The van der Waals surface area contributed by atoms with E-state index >= 15 is 0 Å². The molecule has 24 heavy (non-hydrogen) atoms. The number of hydrogen-bond acceptors (Lipinski definition) is 1. The molecule has 136 valence electrons. The lowest BCUT2D eigenvalue weighted by molar-refractivity contribution is 0.133. The third kappa shape index (κ3) is 3.72. The zero-order valence-corrected chi connectivity index (χ0v) is 16.4. The molecule has 0 aromatic heterocycles. The molecule has 1 nitrogen and oxygen atoms in total. The number of allylic oxidation sites excluding steroid dienone is 3. The van der Waals surface area contributed by atoms with Crippen LogP contribution >= 0.6 is 0 Å². The Labute approximate surface area is 149 Å². The van der Waals surface area contributed by atoms with Gasteiger partial charge in [0.15, 0.2) is 0 Å². The fraction of sp³-hybridized carbons (Fsp3) is 0.739. The van der Waals surface area contributed by atoms with Crippen LogP contribution in [0.2, 0.25) is 0 Å². The summed E-state index contributed by atoms with van der Waals surface area (Å²) in [6.07, 6.45) is 15.6. The van der Waals surface area contributed by atoms with Crippen LogP contribution in [0.3, 0.4) is 0 Å². The van der Waals surface area contributed by atoms with Crippen LogP contribution in [0.15, 0.2) is 35.5 Å². The average Bonchev–Trinajstić information content (AvgIpc) is 2.94. The summed E-state index contributed by atoms with van der Waals surface area (Å²) in [6, 6.07) is 0. The van der Waals surface area contributed by atoms with Gasteiger partial charge in [0.2, 0.25) is 0 Å². The van der Waals surface area contributed by atoms with Crippen LogP contribution in [0, 0.1) is 17.3 Å². The Morgan fingerprint density at radius 3 is 2.58 bits per heavy atom. The fourth-order valence-electron chi connectivity index (χ4n) is 5.45. The van der Waals surface area contributed by atoms with Gasteiger partial charge < -0.3 is 5.11 Å². The smallest absolute Gasteiger partial charge is 0.0787 e. The van der Waals surface area contributed by atoms with Gasteiger partial charge in [-0.3, -0.25) is 0 Å². The molecule has 0 aliphatic heterocycles. The van der Waals surface area contributed by atoms with E-state index < -0.39 is 0 Å². The first-order valence-electron chi connectivity index (χ1n) is 10.3. The van der Waals surface area contributed by atoms with E-state index in [2.05, 4.69) is 32.6 Å². The Hall–Kier alpha value is -0.820. The highest BCUT2D eigenvalue weighted by molar-refractivity contribution is 5.37. The van der Waals surface area contributed by atoms with Gasteiger partial charge in [-0.05, 0) is 79.8 Å². The second-order valence-electron chi connectivity index (χ2n) is 7.96. The van der Waals surface area contributed by atoms with E-state index in [1.165, 1.54) is 44.1 Å². The summed E-state index contributed by atoms with van der Waals surface area (Å²) in [5, 5.41) is 9.98. The van der Waals surface area contributed by atoms with Gasteiger partial charge >= 0.3 is 0 Å². The molecule has 3 rings (SSSR count). The van der Waals surface area contributed by atoms with E-state index in [0.717, 1.165) is 36.7 Å². The first-order valence-corrected chi connectivity index (χ1v) is 10.3. The summed E-state index contributed by atoms with van der Waals surface area (Å²) in [4.78, 5) is 0. The van der Waals surface area contributed by atoms with Crippen LogP contribution in [0.5, 0.6) is 0 Å². The zero-order chi connectivity index (χ0) is 17.7. The Kier molecular flexibility index (Phi) is 6.92. The molecular formula is C23H38O. The Balaban J connectivity index is 0.00000100. The lowest BCUT2D eigenvalue weighted by Crippen LogP contribution is -2.32. The third-order valence-corrected chi connectivity index (χ3v) is 6.89. The van der Waals surface area contributed by atoms with E-state index in [-0.39, 0.29) is 6.10 Å². The summed E-state index contributed by atoms with van der Waals surface area (Å²) < 4.78 is 0. The number of fused-ring (bicyclic) bond motifs is 1. The highest BCUT2D eigenvalue weighted by Gasteiger charge is 2.48. The van der Waals surface area contributed by atoms with Gasteiger partial charge in [-0.2, -0.15) is 0 Å². The number of aliphatic hydroxyl groups is 1. The quantitative estimate of drug-likeness (QED) is 0.605. The van der Waals surface area contributed by atoms with Gasteiger partial charge in [0.25, 0.3) is 0 Å². The van der Waals surface area contributed by atoms with Gasteiger partial charge in [0.1, 0.15) is 0 Å². The van der Waals surface area contributed by atoms with Gasteiger partial charge in [-0.25, -0.2) is 0 Å². The van der Waals surface area contributed by atoms with Crippen molar-refractivity contribution in [1.82, 2.24) is 0 Å². The molecule has 0 bridgehead atoms. The molecule has 3 aliphatic rings. The van der Waals surface area contributed by atoms with Crippen LogP contribution in [-0.2, 0) is 0 Å². The minimum absolute atomic E-state index is 0.314. The molecule has 0 heterocycles. The summed E-state index contributed by atoms with van der Waals surface area (Å²) in [6.45, 7) is 13.0. The van der Waals surface area contributed by atoms with E-state index in [1.54, 1.807) is 5.57 Å². The molecular weight excluding hydrogens is 292 g/mol. The van der Waals surface area contributed by atoms with Gasteiger partial charge in [0, 0.05) is 0 Å². The highest BCUT2D eigenvalue weighted by Crippen LogP contribution is 2.58. The molecule has 0 spiro atoms. The van der Waals surface area contributed by atoms with Crippen molar-refractivity contribution in [2.24, 2.45) is 17.3 Å². The van der Waals surface area contributed by atoms with Crippen molar-refractivity contribution in [3.8, 4) is 0 Å². The Morgan fingerprint density at radius 1 is 1.12 bits per heavy atom. The van der Waals surface area contributed by atoms with Crippen molar-refractivity contribution < 1.29 is 5.11 Å². The maximum Gasteiger partial charge on any atom is 0.0787 e. The predicted molar refractivity (Wildman–Crippen MR) is 105 cm³/mol. The first kappa shape index (κ1) is 19.5. The highest BCUT2D eigenvalue weighted by atomic mass is 16.3. The van der Waals surface area contributed by atoms with E-state index in [0.29, 0.717) is 5.41 Å². The molecule has 3 saturated carbocycles. The summed E-state index contributed by atoms with van der Waals surface area (Å²) in [7, 11) is 0. The fourth-order valence-corrected chi connectivity index (χ4v) is 5.45. The second kappa shape index (κ2) is 8.52. The standard InChI is InChI=1S/C21H32O.C2H6/c1-4-18-12-13-19-17(8-6-14-21(18,19)3)11-10-16-7-5-9-20(22)15(16)2;1-2/h10-11,18-20,22H,2,4-9,12-14H2,1,3H3;1-2H3/b16-10-,17-11+;. The normalized spacial score (nSPS) is 39.5. The summed E-state index contributed by atoms with van der Waals surface area (Å²) >= 11 is 0. The topological polar surface area (TPSA) is 20.2 Å². The largest absolute Gasteiger partial charge is 0.388 e. The monoisotopic (exact) mass is 330 g/mol. The van der Waals surface area contributed by atoms with Crippen molar-refractivity contribution in [2.45, 2.75) is 91.6 Å². The van der Waals surface area contributed by atoms with Crippen LogP contribution < -0.4 is 0 Å². The molecule has 4 atom stereocenters. The molecule has 0 amide bonds. The summed E-state index contributed by atoms with van der Waals surface area (Å²) in [5.41, 5.74) is 4.45. The maximum atomic E-state index is 9.98. The molecule has 3 aliphatic carbocycles. The van der Waals surface area contributed by atoms with Gasteiger partial charge in [-0.1, -0.05) is 58.4 Å². The Bertz CT molecular complexity index is 498. The molecule has 0 radical (unpaired) electrons. The second-order valence-corrected chi connectivity index (χ2v) is 7.96. The van der Waals surface area contributed by atoms with E-state index in [1.807, 2.05) is 13.8 Å². The van der Waals surface area contributed by atoms with Crippen LogP contribution in [0.4, 0.5) is 0 Å².